The maximum Gasteiger partial charge on any atom is 0.132 e. The molecule has 1 fully saturated rings. The lowest BCUT2D eigenvalue weighted by molar-refractivity contribution is 0.630. The van der Waals surface area contributed by atoms with Crippen molar-refractivity contribution >= 4 is 11.3 Å². The third-order valence-corrected chi connectivity index (χ3v) is 4.97. The smallest absolute Gasteiger partial charge is 0.132 e. The van der Waals surface area contributed by atoms with Crippen LogP contribution in [-0.2, 0) is 6.54 Å². The Hall–Kier alpha value is -1.26. The van der Waals surface area contributed by atoms with Gasteiger partial charge < -0.3 is 5.73 Å². The zero-order valence-corrected chi connectivity index (χ0v) is 11.5. The zero-order chi connectivity index (χ0) is 13.2. The number of benzene rings is 1. The number of halogens is 1. The summed E-state index contributed by atoms with van der Waals surface area (Å²) in [5.41, 5.74) is 7.13. The van der Waals surface area contributed by atoms with Crippen molar-refractivity contribution in [3.8, 4) is 11.3 Å². The molecule has 1 aromatic heterocycles. The molecule has 2 aromatic rings. The van der Waals surface area contributed by atoms with E-state index in [1.165, 1.54) is 36.6 Å². The summed E-state index contributed by atoms with van der Waals surface area (Å²) in [6.07, 6.45) is 4.90. The lowest BCUT2D eigenvalue weighted by Crippen LogP contribution is -1.95. The molecule has 0 radical (unpaired) electrons. The summed E-state index contributed by atoms with van der Waals surface area (Å²) in [6.45, 7) is 0.429. The number of hydrogen-bond donors (Lipinski definition) is 1. The summed E-state index contributed by atoms with van der Waals surface area (Å²) in [4.78, 5) is 5.78. The molecule has 1 aliphatic carbocycles. The molecular formula is C15H17FN2S. The van der Waals surface area contributed by atoms with Gasteiger partial charge in [-0.25, -0.2) is 9.37 Å². The van der Waals surface area contributed by atoms with Crippen molar-refractivity contribution in [1.82, 2.24) is 4.98 Å². The molecule has 3 rings (SSSR count). The predicted molar refractivity (Wildman–Crippen MR) is 76.6 cm³/mol. The Balaban J connectivity index is 2.09. The van der Waals surface area contributed by atoms with E-state index in [-0.39, 0.29) is 5.82 Å². The quantitative estimate of drug-likeness (QED) is 0.918. The van der Waals surface area contributed by atoms with E-state index >= 15 is 0 Å². The summed E-state index contributed by atoms with van der Waals surface area (Å²) in [5, 5.41) is 0.903. The van der Waals surface area contributed by atoms with Gasteiger partial charge in [0.1, 0.15) is 10.8 Å². The molecule has 1 saturated carbocycles. The standard InChI is InChI=1S/C15H17FN2S/c16-12-8-4-3-7-11(12)14-15(10-5-1-2-6-10)19-13(9-17)18-14/h3-4,7-8,10H,1-2,5-6,9,17H2. The summed E-state index contributed by atoms with van der Waals surface area (Å²) in [7, 11) is 0. The first-order chi connectivity index (χ1) is 9.29. The molecule has 100 valence electrons. The van der Waals surface area contributed by atoms with Crippen molar-refractivity contribution in [3.05, 3.63) is 40.0 Å². The highest BCUT2D eigenvalue weighted by Gasteiger charge is 2.25. The predicted octanol–water partition coefficient (Wildman–Crippen LogP) is 4.07. The first-order valence-corrected chi connectivity index (χ1v) is 7.56. The third kappa shape index (κ3) is 2.42. The van der Waals surface area contributed by atoms with Crippen LogP contribution in [0.2, 0.25) is 0 Å². The Labute approximate surface area is 116 Å². The highest BCUT2D eigenvalue weighted by molar-refractivity contribution is 7.12. The largest absolute Gasteiger partial charge is 0.325 e. The minimum atomic E-state index is -0.199. The van der Waals surface area contributed by atoms with Crippen LogP contribution >= 0.6 is 11.3 Å². The lowest BCUT2D eigenvalue weighted by Gasteiger charge is -2.09. The topological polar surface area (TPSA) is 38.9 Å². The van der Waals surface area contributed by atoms with Gasteiger partial charge in [-0.05, 0) is 30.9 Å². The summed E-state index contributed by atoms with van der Waals surface area (Å²) >= 11 is 1.66. The lowest BCUT2D eigenvalue weighted by atomic mass is 10.0. The highest BCUT2D eigenvalue weighted by Crippen LogP contribution is 2.42. The second-order valence-corrected chi connectivity index (χ2v) is 6.10. The van der Waals surface area contributed by atoms with Gasteiger partial charge >= 0.3 is 0 Å². The highest BCUT2D eigenvalue weighted by atomic mass is 32.1. The van der Waals surface area contributed by atoms with E-state index in [9.17, 15) is 4.39 Å². The molecule has 2 N–H and O–H groups in total. The van der Waals surface area contributed by atoms with Gasteiger partial charge in [-0.3, -0.25) is 0 Å². The SMILES string of the molecule is NCc1nc(-c2ccccc2F)c(C2CCCC2)s1. The van der Waals surface area contributed by atoms with Crippen molar-refractivity contribution in [3.63, 3.8) is 0 Å². The van der Waals surface area contributed by atoms with Crippen LogP contribution < -0.4 is 5.73 Å². The average molecular weight is 276 g/mol. The molecule has 0 atom stereocenters. The maximum atomic E-state index is 14.0. The van der Waals surface area contributed by atoms with Crippen LogP contribution in [0.15, 0.2) is 24.3 Å². The van der Waals surface area contributed by atoms with Crippen LogP contribution in [0.5, 0.6) is 0 Å². The van der Waals surface area contributed by atoms with Crippen molar-refractivity contribution in [2.24, 2.45) is 5.73 Å². The summed E-state index contributed by atoms with van der Waals surface area (Å²) in [6, 6.07) is 6.88. The molecule has 0 aliphatic heterocycles. The van der Waals surface area contributed by atoms with Gasteiger partial charge in [0.05, 0.1) is 5.69 Å². The second kappa shape index (κ2) is 5.39. The van der Waals surface area contributed by atoms with E-state index in [1.807, 2.05) is 12.1 Å². The number of nitrogens with two attached hydrogens (primary N) is 1. The molecule has 1 heterocycles. The summed E-state index contributed by atoms with van der Waals surface area (Å²) < 4.78 is 14.0. The molecule has 0 unspecified atom stereocenters. The maximum absolute atomic E-state index is 14.0. The third-order valence-electron chi connectivity index (χ3n) is 3.73. The summed E-state index contributed by atoms with van der Waals surface area (Å²) in [5.74, 6) is 0.336. The fourth-order valence-corrected chi connectivity index (χ4v) is 3.90. The fraction of sp³-hybridized carbons (Fsp3) is 0.400. The Morgan fingerprint density at radius 3 is 2.68 bits per heavy atom. The number of thiazole rings is 1. The van der Waals surface area contributed by atoms with Crippen LogP contribution in [0, 0.1) is 5.82 Å². The van der Waals surface area contributed by atoms with Gasteiger partial charge in [-0.2, -0.15) is 0 Å². The minimum absolute atomic E-state index is 0.199. The number of aromatic nitrogens is 1. The van der Waals surface area contributed by atoms with Gasteiger partial charge in [0, 0.05) is 17.0 Å². The van der Waals surface area contributed by atoms with Crippen LogP contribution in [0.4, 0.5) is 4.39 Å². The van der Waals surface area contributed by atoms with Gasteiger partial charge in [-0.15, -0.1) is 11.3 Å². The van der Waals surface area contributed by atoms with Gasteiger partial charge in [-0.1, -0.05) is 25.0 Å². The van der Waals surface area contributed by atoms with Crippen LogP contribution in [0.1, 0.15) is 41.5 Å². The molecule has 0 saturated heterocycles. The molecular weight excluding hydrogens is 259 g/mol. The average Bonchev–Trinajstić information content (AvgIpc) is 3.08. The Kier molecular flexibility index (Phi) is 3.62. The Bertz CT molecular complexity index is 573. The Morgan fingerprint density at radius 1 is 1.26 bits per heavy atom. The van der Waals surface area contributed by atoms with Crippen molar-refractivity contribution < 1.29 is 4.39 Å². The molecule has 1 aromatic carbocycles. The number of rotatable bonds is 3. The van der Waals surface area contributed by atoms with E-state index in [2.05, 4.69) is 4.98 Å². The van der Waals surface area contributed by atoms with Crippen LogP contribution in [-0.4, -0.2) is 4.98 Å². The van der Waals surface area contributed by atoms with Gasteiger partial charge in [0.15, 0.2) is 0 Å². The zero-order valence-electron chi connectivity index (χ0n) is 10.7. The van der Waals surface area contributed by atoms with Crippen molar-refractivity contribution in [2.45, 2.75) is 38.1 Å². The van der Waals surface area contributed by atoms with E-state index in [0.717, 1.165) is 10.7 Å². The van der Waals surface area contributed by atoms with Crippen LogP contribution in [0.3, 0.4) is 0 Å². The van der Waals surface area contributed by atoms with Crippen molar-refractivity contribution in [2.75, 3.05) is 0 Å². The van der Waals surface area contributed by atoms with E-state index in [4.69, 9.17) is 5.73 Å². The Morgan fingerprint density at radius 2 is 2.00 bits per heavy atom. The number of hydrogen-bond acceptors (Lipinski definition) is 3. The molecule has 0 spiro atoms. The monoisotopic (exact) mass is 276 g/mol. The van der Waals surface area contributed by atoms with Crippen molar-refractivity contribution in [1.29, 1.82) is 0 Å². The number of nitrogens with zero attached hydrogens (tertiary/aromatic N) is 1. The molecule has 2 nitrogen and oxygen atoms in total. The van der Waals surface area contributed by atoms with Gasteiger partial charge in [0.2, 0.25) is 0 Å². The molecule has 19 heavy (non-hydrogen) atoms. The molecule has 1 aliphatic rings. The molecule has 0 bridgehead atoms. The van der Waals surface area contributed by atoms with E-state index in [0.29, 0.717) is 18.0 Å². The van der Waals surface area contributed by atoms with E-state index in [1.54, 1.807) is 17.4 Å². The molecule has 4 heteroatoms. The normalized spacial score (nSPS) is 16.1. The minimum Gasteiger partial charge on any atom is -0.325 e. The first kappa shape index (κ1) is 12.8. The fourth-order valence-electron chi connectivity index (χ4n) is 2.78. The van der Waals surface area contributed by atoms with Gasteiger partial charge in [0.25, 0.3) is 0 Å². The van der Waals surface area contributed by atoms with Crippen LogP contribution in [0.25, 0.3) is 11.3 Å². The first-order valence-electron chi connectivity index (χ1n) is 6.74. The second-order valence-electron chi connectivity index (χ2n) is 4.99. The molecule has 0 amide bonds. The van der Waals surface area contributed by atoms with E-state index < -0.39 is 0 Å².